The van der Waals surface area contributed by atoms with E-state index in [1.807, 2.05) is 35.7 Å². The molecule has 164 valence electrons. The highest BCUT2D eigenvalue weighted by molar-refractivity contribution is 7.13. The fourth-order valence-electron chi connectivity index (χ4n) is 2.92. The number of ether oxygens (including phenoxy) is 2. The molecule has 0 unspecified atom stereocenters. The predicted octanol–water partition coefficient (Wildman–Crippen LogP) is 5.36. The molecule has 33 heavy (non-hydrogen) atoms. The van der Waals surface area contributed by atoms with E-state index in [9.17, 15) is 10.1 Å². The molecule has 1 amide bonds. The largest absolute Gasteiger partial charge is 0.493 e. The van der Waals surface area contributed by atoms with E-state index in [0.29, 0.717) is 27.2 Å². The fourth-order valence-corrected chi connectivity index (χ4v) is 4.26. The molecule has 2 aromatic carbocycles. The molecule has 0 bridgehead atoms. The van der Waals surface area contributed by atoms with Crippen molar-refractivity contribution in [2.24, 2.45) is 0 Å². The molecule has 7 nitrogen and oxygen atoms in total. The number of nitrogens with zero attached hydrogens (tertiary/aromatic N) is 3. The Morgan fingerprint density at radius 1 is 1.18 bits per heavy atom. The number of carbonyl (C=O) groups excluding carboxylic acids is 1. The minimum absolute atomic E-state index is 0.185. The standard InChI is InChI=1S/C24H18N4O3S2/c1-30-21-12-16(7-8-20(21)31-14-22(29)28-24-26-9-10-32-24)11-18(13-25)23-27-19(15-33-23)17-5-3-2-4-6-17/h2-12,15H,14H2,1H3,(H,26,28,29). The molecule has 1 N–H and O–H groups in total. The number of aromatic nitrogens is 2. The van der Waals surface area contributed by atoms with E-state index in [1.165, 1.54) is 29.8 Å². The van der Waals surface area contributed by atoms with Crippen LogP contribution in [0.25, 0.3) is 22.9 Å². The van der Waals surface area contributed by atoms with Crippen molar-refractivity contribution in [3.05, 3.63) is 76.1 Å². The van der Waals surface area contributed by atoms with Crippen molar-refractivity contribution in [3.63, 3.8) is 0 Å². The van der Waals surface area contributed by atoms with Crippen molar-refractivity contribution in [1.82, 2.24) is 9.97 Å². The number of allylic oxidation sites excluding steroid dienone is 1. The number of hydrogen-bond acceptors (Lipinski definition) is 8. The van der Waals surface area contributed by atoms with Gasteiger partial charge >= 0.3 is 0 Å². The van der Waals surface area contributed by atoms with Crippen LogP contribution in [0, 0.1) is 11.3 Å². The monoisotopic (exact) mass is 474 g/mol. The molecule has 0 radical (unpaired) electrons. The van der Waals surface area contributed by atoms with Gasteiger partial charge in [0.2, 0.25) is 0 Å². The normalized spacial score (nSPS) is 11.0. The van der Waals surface area contributed by atoms with E-state index in [0.717, 1.165) is 16.8 Å². The Bertz CT molecular complexity index is 1310. The zero-order valence-corrected chi connectivity index (χ0v) is 19.2. The minimum atomic E-state index is -0.319. The Balaban J connectivity index is 1.48. The second kappa shape index (κ2) is 10.5. The van der Waals surface area contributed by atoms with Crippen molar-refractivity contribution < 1.29 is 14.3 Å². The van der Waals surface area contributed by atoms with Gasteiger partial charge in [0.05, 0.1) is 18.4 Å². The van der Waals surface area contributed by atoms with Gasteiger partial charge < -0.3 is 9.47 Å². The third kappa shape index (κ3) is 5.63. The van der Waals surface area contributed by atoms with Gasteiger partial charge in [-0.25, -0.2) is 9.97 Å². The highest BCUT2D eigenvalue weighted by atomic mass is 32.1. The third-order valence-corrected chi connectivity index (χ3v) is 6.02. The highest BCUT2D eigenvalue weighted by Gasteiger charge is 2.12. The molecule has 4 aromatic rings. The average Bonchev–Trinajstić information content (AvgIpc) is 3.54. The van der Waals surface area contributed by atoms with Crippen LogP contribution < -0.4 is 14.8 Å². The number of thiazole rings is 2. The summed E-state index contributed by atoms with van der Waals surface area (Å²) in [5.41, 5.74) is 3.02. The summed E-state index contributed by atoms with van der Waals surface area (Å²) < 4.78 is 11.0. The maximum absolute atomic E-state index is 12.0. The van der Waals surface area contributed by atoms with E-state index in [2.05, 4.69) is 21.4 Å². The van der Waals surface area contributed by atoms with Crippen molar-refractivity contribution in [1.29, 1.82) is 5.26 Å². The molecule has 0 spiro atoms. The van der Waals surface area contributed by atoms with Gasteiger partial charge in [0, 0.05) is 22.5 Å². The average molecular weight is 475 g/mol. The van der Waals surface area contributed by atoms with Gasteiger partial charge in [-0.1, -0.05) is 36.4 Å². The molecule has 0 saturated carbocycles. The van der Waals surface area contributed by atoms with Gasteiger partial charge in [-0.15, -0.1) is 22.7 Å². The van der Waals surface area contributed by atoms with Gasteiger partial charge in [-0.2, -0.15) is 5.26 Å². The van der Waals surface area contributed by atoms with Crippen LogP contribution in [0.15, 0.2) is 65.5 Å². The minimum Gasteiger partial charge on any atom is -0.493 e. The number of nitrogens with one attached hydrogen (secondary N) is 1. The molecule has 0 aliphatic heterocycles. The lowest BCUT2D eigenvalue weighted by Crippen LogP contribution is -2.20. The maximum Gasteiger partial charge on any atom is 0.264 e. The molecule has 4 rings (SSSR count). The first kappa shape index (κ1) is 22.2. The molecule has 9 heteroatoms. The predicted molar refractivity (Wildman–Crippen MR) is 130 cm³/mol. The first-order valence-corrected chi connectivity index (χ1v) is 11.6. The molecule has 2 heterocycles. The van der Waals surface area contributed by atoms with Gasteiger partial charge in [0.1, 0.15) is 11.1 Å². The Morgan fingerprint density at radius 2 is 2.03 bits per heavy atom. The second-order valence-corrected chi connectivity index (χ2v) is 8.41. The first-order valence-electron chi connectivity index (χ1n) is 9.79. The lowest BCUT2D eigenvalue weighted by atomic mass is 10.1. The fraction of sp³-hybridized carbons (Fsp3) is 0.0833. The summed E-state index contributed by atoms with van der Waals surface area (Å²) in [6.07, 6.45) is 3.36. The lowest BCUT2D eigenvalue weighted by Gasteiger charge is -2.11. The maximum atomic E-state index is 12.0. The molecule has 0 atom stereocenters. The number of nitriles is 1. The number of benzene rings is 2. The highest BCUT2D eigenvalue weighted by Crippen LogP contribution is 2.31. The van der Waals surface area contributed by atoms with E-state index in [4.69, 9.17) is 9.47 Å². The Labute approximate surface area is 198 Å². The van der Waals surface area contributed by atoms with Gasteiger partial charge in [0.15, 0.2) is 23.2 Å². The van der Waals surface area contributed by atoms with Gasteiger partial charge in [-0.3, -0.25) is 10.1 Å². The first-order chi connectivity index (χ1) is 16.2. The van der Waals surface area contributed by atoms with E-state index >= 15 is 0 Å². The Morgan fingerprint density at radius 3 is 2.76 bits per heavy atom. The van der Waals surface area contributed by atoms with Crippen LogP contribution in [-0.2, 0) is 4.79 Å². The lowest BCUT2D eigenvalue weighted by molar-refractivity contribution is -0.118. The summed E-state index contributed by atoms with van der Waals surface area (Å²) in [6.45, 7) is -0.185. The number of hydrogen-bond donors (Lipinski definition) is 1. The molecule has 2 aromatic heterocycles. The smallest absolute Gasteiger partial charge is 0.264 e. The molecular formula is C24H18N4O3S2. The molecule has 0 aliphatic carbocycles. The number of rotatable bonds is 8. The van der Waals surface area contributed by atoms with E-state index < -0.39 is 0 Å². The zero-order chi connectivity index (χ0) is 23.0. The van der Waals surface area contributed by atoms with Gasteiger partial charge in [0.25, 0.3) is 5.91 Å². The number of anilines is 1. The van der Waals surface area contributed by atoms with E-state index in [1.54, 1.807) is 35.9 Å². The SMILES string of the molecule is COc1cc(C=C(C#N)c2nc(-c3ccccc3)cs2)ccc1OCC(=O)Nc1nccs1. The Hall–Kier alpha value is -4.00. The summed E-state index contributed by atoms with van der Waals surface area (Å²) in [4.78, 5) is 20.6. The molecule has 0 fully saturated rings. The van der Waals surface area contributed by atoms with Crippen LogP contribution in [0.3, 0.4) is 0 Å². The van der Waals surface area contributed by atoms with E-state index in [-0.39, 0.29) is 12.5 Å². The summed E-state index contributed by atoms with van der Waals surface area (Å²) in [7, 11) is 1.52. The summed E-state index contributed by atoms with van der Waals surface area (Å²) in [5, 5.41) is 17.2. The van der Waals surface area contributed by atoms with Crippen molar-refractivity contribution in [3.8, 4) is 28.8 Å². The van der Waals surface area contributed by atoms with Crippen molar-refractivity contribution in [2.75, 3.05) is 19.0 Å². The van der Waals surface area contributed by atoms with Crippen LogP contribution >= 0.6 is 22.7 Å². The van der Waals surface area contributed by atoms with Gasteiger partial charge in [-0.05, 0) is 23.8 Å². The summed E-state index contributed by atoms with van der Waals surface area (Å²) >= 11 is 2.74. The van der Waals surface area contributed by atoms with Crippen LogP contribution in [0.1, 0.15) is 10.6 Å². The molecular weight excluding hydrogens is 456 g/mol. The summed E-state index contributed by atoms with van der Waals surface area (Å²) in [6, 6.07) is 17.3. The zero-order valence-electron chi connectivity index (χ0n) is 17.5. The Kier molecular flexibility index (Phi) is 7.09. The van der Waals surface area contributed by atoms with Crippen LogP contribution in [-0.4, -0.2) is 29.6 Å². The quantitative estimate of drug-likeness (QED) is 0.346. The van der Waals surface area contributed by atoms with Crippen LogP contribution in [0.5, 0.6) is 11.5 Å². The topological polar surface area (TPSA) is 97.1 Å². The summed E-state index contributed by atoms with van der Waals surface area (Å²) in [5.74, 6) is 0.552. The molecule has 0 saturated heterocycles. The molecule has 0 aliphatic rings. The number of carbonyl (C=O) groups is 1. The third-order valence-electron chi connectivity index (χ3n) is 4.46. The van der Waals surface area contributed by atoms with Crippen molar-refractivity contribution in [2.45, 2.75) is 0 Å². The number of amides is 1. The second-order valence-electron chi connectivity index (χ2n) is 6.66. The van der Waals surface area contributed by atoms with Crippen LogP contribution in [0.4, 0.5) is 5.13 Å². The van der Waals surface area contributed by atoms with Crippen molar-refractivity contribution >= 4 is 45.4 Å². The van der Waals surface area contributed by atoms with Crippen LogP contribution in [0.2, 0.25) is 0 Å². The number of methoxy groups -OCH3 is 1.